The van der Waals surface area contributed by atoms with Gasteiger partial charge >= 0.3 is 5.97 Å². The SMILES string of the molecule is COC(=O)c1ccc(O[C@H](C)C(=O)Nc2ccc(C(C)(C)C)cc2)c(OC)c1. The molecule has 6 heteroatoms. The molecular formula is C22H27NO5. The fraction of sp³-hybridized carbons (Fsp3) is 0.364. The molecule has 150 valence electrons. The molecule has 0 spiro atoms. The second kappa shape index (κ2) is 8.78. The molecule has 0 aliphatic heterocycles. The molecule has 0 aliphatic carbocycles. The van der Waals surface area contributed by atoms with Crippen LogP contribution in [0.25, 0.3) is 0 Å². The Hall–Kier alpha value is -3.02. The van der Waals surface area contributed by atoms with E-state index in [0.717, 1.165) is 0 Å². The topological polar surface area (TPSA) is 73.9 Å². The van der Waals surface area contributed by atoms with Crippen molar-refractivity contribution >= 4 is 17.6 Å². The van der Waals surface area contributed by atoms with Gasteiger partial charge in [-0.1, -0.05) is 32.9 Å². The van der Waals surface area contributed by atoms with Crippen molar-refractivity contribution in [2.24, 2.45) is 0 Å². The average molecular weight is 385 g/mol. The van der Waals surface area contributed by atoms with Gasteiger partial charge in [0.1, 0.15) is 0 Å². The van der Waals surface area contributed by atoms with Gasteiger partial charge in [0.15, 0.2) is 17.6 Å². The molecule has 0 heterocycles. The molecule has 0 aromatic heterocycles. The Morgan fingerprint density at radius 2 is 1.61 bits per heavy atom. The van der Waals surface area contributed by atoms with Gasteiger partial charge in [-0.15, -0.1) is 0 Å². The molecular weight excluding hydrogens is 358 g/mol. The van der Waals surface area contributed by atoms with Crippen molar-refractivity contribution in [3.05, 3.63) is 53.6 Å². The fourth-order valence-electron chi connectivity index (χ4n) is 2.55. The van der Waals surface area contributed by atoms with E-state index in [2.05, 4.69) is 26.1 Å². The normalized spacial score (nSPS) is 12.1. The van der Waals surface area contributed by atoms with Crippen LogP contribution in [-0.4, -0.2) is 32.2 Å². The second-order valence-electron chi connectivity index (χ2n) is 7.43. The highest BCUT2D eigenvalue weighted by atomic mass is 16.5. The number of nitrogens with one attached hydrogen (secondary N) is 1. The lowest BCUT2D eigenvalue weighted by Gasteiger charge is -2.20. The molecule has 0 fully saturated rings. The second-order valence-corrected chi connectivity index (χ2v) is 7.43. The lowest BCUT2D eigenvalue weighted by atomic mass is 9.87. The molecule has 28 heavy (non-hydrogen) atoms. The number of amides is 1. The molecule has 2 aromatic carbocycles. The number of esters is 1. The summed E-state index contributed by atoms with van der Waals surface area (Å²) in [5.74, 6) is -0.0603. The first kappa shape index (κ1) is 21.3. The Labute approximate surface area is 165 Å². The highest BCUT2D eigenvalue weighted by Gasteiger charge is 2.19. The molecule has 1 atom stereocenters. The van der Waals surface area contributed by atoms with Crippen molar-refractivity contribution in [3.8, 4) is 11.5 Å². The number of methoxy groups -OCH3 is 2. The smallest absolute Gasteiger partial charge is 0.337 e. The van der Waals surface area contributed by atoms with Crippen molar-refractivity contribution in [2.75, 3.05) is 19.5 Å². The van der Waals surface area contributed by atoms with Gasteiger partial charge in [0.05, 0.1) is 19.8 Å². The number of hydrogen-bond donors (Lipinski definition) is 1. The molecule has 2 aromatic rings. The van der Waals surface area contributed by atoms with Crippen LogP contribution >= 0.6 is 0 Å². The van der Waals surface area contributed by atoms with Crippen LogP contribution in [0.4, 0.5) is 5.69 Å². The van der Waals surface area contributed by atoms with Crippen molar-refractivity contribution in [3.63, 3.8) is 0 Å². The van der Waals surface area contributed by atoms with Crippen molar-refractivity contribution in [1.29, 1.82) is 0 Å². The molecule has 0 saturated carbocycles. The predicted molar refractivity (Wildman–Crippen MR) is 108 cm³/mol. The van der Waals surface area contributed by atoms with Crippen LogP contribution < -0.4 is 14.8 Å². The van der Waals surface area contributed by atoms with Gasteiger partial charge in [-0.25, -0.2) is 4.79 Å². The quantitative estimate of drug-likeness (QED) is 0.755. The maximum Gasteiger partial charge on any atom is 0.337 e. The summed E-state index contributed by atoms with van der Waals surface area (Å²) in [4.78, 5) is 24.1. The number of carbonyl (C=O) groups excluding carboxylic acids is 2. The minimum absolute atomic E-state index is 0.0475. The first-order chi connectivity index (χ1) is 13.2. The summed E-state index contributed by atoms with van der Waals surface area (Å²) < 4.78 is 15.7. The Balaban J connectivity index is 2.07. The minimum atomic E-state index is -0.764. The van der Waals surface area contributed by atoms with Gasteiger partial charge < -0.3 is 19.5 Å². The van der Waals surface area contributed by atoms with E-state index in [1.165, 1.54) is 25.8 Å². The lowest BCUT2D eigenvalue weighted by molar-refractivity contribution is -0.122. The van der Waals surface area contributed by atoms with E-state index in [9.17, 15) is 9.59 Å². The molecule has 6 nitrogen and oxygen atoms in total. The molecule has 0 radical (unpaired) electrons. The van der Waals surface area contributed by atoms with Crippen molar-refractivity contribution < 1.29 is 23.8 Å². The first-order valence-electron chi connectivity index (χ1n) is 9.00. The molecule has 0 saturated heterocycles. The van der Waals surface area contributed by atoms with Crippen LogP contribution in [0.1, 0.15) is 43.6 Å². The van der Waals surface area contributed by atoms with Crippen LogP contribution in [0.5, 0.6) is 11.5 Å². The number of carbonyl (C=O) groups is 2. The molecule has 0 unspecified atom stereocenters. The van der Waals surface area contributed by atoms with Crippen molar-refractivity contribution in [1.82, 2.24) is 0 Å². The van der Waals surface area contributed by atoms with Crippen LogP contribution in [-0.2, 0) is 14.9 Å². The Kier molecular flexibility index (Phi) is 6.67. The third-order valence-electron chi connectivity index (χ3n) is 4.28. The largest absolute Gasteiger partial charge is 0.493 e. The zero-order valence-electron chi connectivity index (χ0n) is 17.2. The van der Waals surface area contributed by atoms with E-state index in [1.807, 2.05) is 24.3 Å². The van der Waals surface area contributed by atoms with E-state index in [0.29, 0.717) is 22.7 Å². The van der Waals surface area contributed by atoms with Crippen LogP contribution in [0.15, 0.2) is 42.5 Å². The molecule has 0 aliphatic rings. The number of rotatable bonds is 6. The zero-order chi connectivity index (χ0) is 20.9. The van der Waals surface area contributed by atoms with E-state index in [1.54, 1.807) is 19.1 Å². The van der Waals surface area contributed by atoms with Crippen molar-refractivity contribution in [2.45, 2.75) is 39.2 Å². The fourth-order valence-corrected chi connectivity index (χ4v) is 2.55. The third kappa shape index (κ3) is 5.25. The summed E-state index contributed by atoms with van der Waals surface area (Å²) in [6.45, 7) is 8.05. The molecule has 0 bridgehead atoms. The van der Waals surface area contributed by atoms with E-state index < -0.39 is 12.1 Å². The van der Waals surface area contributed by atoms with E-state index in [4.69, 9.17) is 14.2 Å². The van der Waals surface area contributed by atoms with Gasteiger partial charge in [-0.2, -0.15) is 0 Å². The Morgan fingerprint density at radius 3 is 2.14 bits per heavy atom. The Morgan fingerprint density at radius 1 is 0.964 bits per heavy atom. The summed E-state index contributed by atoms with van der Waals surface area (Å²) in [6, 6.07) is 12.4. The van der Waals surface area contributed by atoms with Gasteiger partial charge in [0, 0.05) is 5.69 Å². The molecule has 1 amide bonds. The standard InChI is InChI=1S/C22H27NO5/c1-14(20(24)23-17-10-8-16(9-11-17)22(2,3)4)28-18-12-7-15(21(25)27-6)13-19(18)26-5/h7-14H,1-6H3,(H,23,24)/t14-/m1/s1. The maximum absolute atomic E-state index is 12.5. The monoisotopic (exact) mass is 385 g/mol. The van der Waals surface area contributed by atoms with E-state index >= 15 is 0 Å². The first-order valence-corrected chi connectivity index (χ1v) is 9.00. The minimum Gasteiger partial charge on any atom is -0.493 e. The third-order valence-corrected chi connectivity index (χ3v) is 4.28. The number of ether oxygens (including phenoxy) is 3. The van der Waals surface area contributed by atoms with Gasteiger partial charge in [-0.3, -0.25) is 4.79 Å². The summed E-state index contributed by atoms with van der Waals surface area (Å²) in [7, 11) is 2.77. The lowest BCUT2D eigenvalue weighted by Crippen LogP contribution is -2.30. The predicted octanol–water partition coefficient (Wildman–Crippen LogP) is 4.19. The summed E-state index contributed by atoms with van der Waals surface area (Å²) in [5.41, 5.74) is 2.26. The van der Waals surface area contributed by atoms with Gasteiger partial charge in [0.25, 0.3) is 5.91 Å². The van der Waals surface area contributed by atoms with Crippen LogP contribution in [0, 0.1) is 0 Å². The van der Waals surface area contributed by atoms with Gasteiger partial charge in [0.2, 0.25) is 0 Å². The number of anilines is 1. The molecule has 2 rings (SSSR count). The van der Waals surface area contributed by atoms with Crippen LogP contribution in [0.3, 0.4) is 0 Å². The number of benzene rings is 2. The summed E-state index contributed by atoms with van der Waals surface area (Å²) in [6.07, 6.45) is -0.764. The zero-order valence-corrected chi connectivity index (χ0v) is 17.2. The van der Waals surface area contributed by atoms with E-state index in [-0.39, 0.29) is 11.3 Å². The van der Waals surface area contributed by atoms with Crippen LogP contribution in [0.2, 0.25) is 0 Å². The highest BCUT2D eigenvalue weighted by molar-refractivity contribution is 5.94. The van der Waals surface area contributed by atoms with Gasteiger partial charge in [-0.05, 0) is 48.2 Å². The summed E-state index contributed by atoms with van der Waals surface area (Å²) in [5, 5.41) is 2.84. The maximum atomic E-state index is 12.5. The average Bonchev–Trinajstić information content (AvgIpc) is 2.67. The number of hydrogen-bond acceptors (Lipinski definition) is 5. The Bertz CT molecular complexity index is 837. The summed E-state index contributed by atoms with van der Waals surface area (Å²) >= 11 is 0. The highest BCUT2D eigenvalue weighted by Crippen LogP contribution is 2.29. The molecule has 1 N–H and O–H groups in total.